The van der Waals surface area contributed by atoms with E-state index in [0.29, 0.717) is 6.07 Å². The Bertz CT molecular complexity index is 549. The Morgan fingerprint density at radius 3 is 2.69 bits per heavy atom. The topological polar surface area (TPSA) is 34.9 Å². The summed E-state index contributed by atoms with van der Waals surface area (Å²) in [5, 5.41) is 0. The molecule has 0 fully saturated rings. The molecule has 0 amide bonds. The number of benzene rings is 1. The van der Waals surface area contributed by atoms with Crippen molar-refractivity contribution in [2.45, 2.75) is 0 Å². The van der Waals surface area contributed by atoms with Gasteiger partial charge in [0.1, 0.15) is 17.3 Å². The fourth-order valence-corrected chi connectivity index (χ4v) is 1.34. The summed E-state index contributed by atoms with van der Waals surface area (Å²) in [6, 6.07) is 2.83. The summed E-state index contributed by atoms with van der Waals surface area (Å²) < 4.78 is 27.5. The van der Waals surface area contributed by atoms with Gasteiger partial charge < -0.3 is 4.57 Å². The Balaban J connectivity index is 2.41. The average Bonchev–Trinajstić information content (AvgIpc) is 2.64. The Morgan fingerprint density at radius 1 is 1.38 bits per heavy atom. The van der Waals surface area contributed by atoms with Crippen molar-refractivity contribution in [2.24, 2.45) is 7.05 Å². The minimum Gasteiger partial charge on any atom is -0.340 e. The molecule has 1 aromatic carbocycles. The van der Waals surface area contributed by atoms with Crippen LogP contribution in [0.4, 0.5) is 8.78 Å². The molecule has 0 saturated heterocycles. The smallest absolute Gasteiger partial charge is 0.215 e. The third-order valence-corrected chi connectivity index (χ3v) is 2.11. The maximum absolute atomic E-state index is 13.3. The van der Waals surface area contributed by atoms with Crippen LogP contribution in [0.15, 0.2) is 30.7 Å². The normalized spacial score (nSPS) is 10.4. The first-order valence-corrected chi connectivity index (χ1v) is 4.55. The molecule has 0 saturated carbocycles. The number of nitrogens with zero attached hydrogens (tertiary/aromatic N) is 2. The van der Waals surface area contributed by atoms with E-state index >= 15 is 0 Å². The zero-order chi connectivity index (χ0) is 11.7. The summed E-state index contributed by atoms with van der Waals surface area (Å²) in [6.45, 7) is 0. The van der Waals surface area contributed by atoms with Crippen LogP contribution in [-0.2, 0) is 7.05 Å². The second kappa shape index (κ2) is 3.84. The Morgan fingerprint density at radius 2 is 2.12 bits per heavy atom. The fourth-order valence-electron chi connectivity index (χ4n) is 1.34. The van der Waals surface area contributed by atoms with E-state index in [-0.39, 0.29) is 11.3 Å². The van der Waals surface area contributed by atoms with Gasteiger partial charge in [-0.1, -0.05) is 0 Å². The molecular formula is C11H8F2N2O. The van der Waals surface area contributed by atoms with Gasteiger partial charge in [0.25, 0.3) is 0 Å². The monoisotopic (exact) mass is 222 g/mol. The average molecular weight is 222 g/mol. The summed E-state index contributed by atoms with van der Waals surface area (Å²) in [5.41, 5.74) is -0.0480. The number of carbonyl (C=O) groups excluding carboxylic acids is 1. The Labute approximate surface area is 90.3 Å². The SMILES string of the molecule is Cn1cnc(C(=O)c2ccc(F)cc2F)c1. The Hall–Kier alpha value is -2.04. The molecule has 0 spiro atoms. The van der Waals surface area contributed by atoms with Gasteiger partial charge in [0, 0.05) is 19.3 Å². The van der Waals surface area contributed by atoms with Crippen molar-refractivity contribution >= 4 is 5.78 Å². The summed E-state index contributed by atoms with van der Waals surface area (Å²) >= 11 is 0. The number of aryl methyl sites for hydroxylation is 1. The molecule has 0 aliphatic heterocycles. The highest BCUT2D eigenvalue weighted by Crippen LogP contribution is 2.13. The molecule has 1 heterocycles. The number of hydrogen-bond donors (Lipinski definition) is 0. The second-order valence-corrected chi connectivity index (χ2v) is 3.38. The molecule has 0 bridgehead atoms. The molecule has 3 nitrogen and oxygen atoms in total. The van der Waals surface area contributed by atoms with Gasteiger partial charge in [-0.15, -0.1) is 0 Å². The summed E-state index contributed by atoms with van der Waals surface area (Å²) in [7, 11) is 1.70. The first-order valence-electron chi connectivity index (χ1n) is 4.55. The number of hydrogen-bond acceptors (Lipinski definition) is 2. The van der Waals surface area contributed by atoms with Gasteiger partial charge in [-0.3, -0.25) is 4.79 Å². The third kappa shape index (κ3) is 1.84. The van der Waals surface area contributed by atoms with Crippen LogP contribution < -0.4 is 0 Å². The lowest BCUT2D eigenvalue weighted by Crippen LogP contribution is -2.05. The van der Waals surface area contributed by atoms with E-state index in [4.69, 9.17) is 0 Å². The van der Waals surface area contributed by atoms with Crippen LogP contribution in [0, 0.1) is 11.6 Å². The number of halogens is 2. The van der Waals surface area contributed by atoms with Gasteiger partial charge in [0.05, 0.1) is 11.9 Å². The van der Waals surface area contributed by atoms with Crippen LogP contribution in [0.5, 0.6) is 0 Å². The van der Waals surface area contributed by atoms with Gasteiger partial charge in [-0.2, -0.15) is 0 Å². The zero-order valence-electron chi connectivity index (χ0n) is 8.45. The fraction of sp³-hybridized carbons (Fsp3) is 0.0909. The quantitative estimate of drug-likeness (QED) is 0.728. The maximum Gasteiger partial charge on any atom is 0.215 e. The van der Waals surface area contributed by atoms with Crippen molar-refractivity contribution < 1.29 is 13.6 Å². The number of rotatable bonds is 2. The van der Waals surface area contributed by atoms with Gasteiger partial charge in [-0.05, 0) is 12.1 Å². The van der Waals surface area contributed by atoms with E-state index in [9.17, 15) is 13.6 Å². The second-order valence-electron chi connectivity index (χ2n) is 3.38. The molecule has 0 N–H and O–H groups in total. The number of aromatic nitrogens is 2. The van der Waals surface area contributed by atoms with Crippen molar-refractivity contribution in [2.75, 3.05) is 0 Å². The van der Waals surface area contributed by atoms with Crippen LogP contribution in [0.3, 0.4) is 0 Å². The number of imidazole rings is 1. The van der Waals surface area contributed by atoms with E-state index in [0.717, 1.165) is 12.1 Å². The molecular weight excluding hydrogens is 214 g/mol. The van der Waals surface area contributed by atoms with E-state index < -0.39 is 17.4 Å². The molecule has 2 rings (SSSR count). The van der Waals surface area contributed by atoms with Crippen molar-refractivity contribution in [3.63, 3.8) is 0 Å². The van der Waals surface area contributed by atoms with Gasteiger partial charge >= 0.3 is 0 Å². The lowest BCUT2D eigenvalue weighted by atomic mass is 10.1. The van der Waals surface area contributed by atoms with Crippen LogP contribution in [0.1, 0.15) is 16.1 Å². The van der Waals surface area contributed by atoms with Crippen molar-refractivity contribution in [1.82, 2.24) is 9.55 Å². The van der Waals surface area contributed by atoms with Crippen molar-refractivity contribution in [1.29, 1.82) is 0 Å². The molecule has 1 aromatic heterocycles. The van der Waals surface area contributed by atoms with E-state index in [1.54, 1.807) is 11.6 Å². The Kier molecular flexibility index (Phi) is 2.52. The molecule has 0 aliphatic rings. The summed E-state index contributed by atoms with van der Waals surface area (Å²) in [6.07, 6.45) is 2.92. The van der Waals surface area contributed by atoms with Crippen LogP contribution in [0.2, 0.25) is 0 Å². The maximum atomic E-state index is 13.3. The molecule has 5 heteroatoms. The molecule has 0 aliphatic carbocycles. The molecule has 16 heavy (non-hydrogen) atoms. The van der Waals surface area contributed by atoms with Gasteiger partial charge in [-0.25, -0.2) is 13.8 Å². The molecule has 0 atom stereocenters. The first kappa shape index (κ1) is 10.5. The molecule has 0 radical (unpaired) electrons. The highest BCUT2D eigenvalue weighted by atomic mass is 19.1. The van der Waals surface area contributed by atoms with Gasteiger partial charge in [0.15, 0.2) is 0 Å². The predicted molar refractivity (Wildman–Crippen MR) is 53.0 cm³/mol. The van der Waals surface area contributed by atoms with Crippen LogP contribution in [-0.4, -0.2) is 15.3 Å². The van der Waals surface area contributed by atoms with Crippen LogP contribution in [0.25, 0.3) is 0 Å². The number of ketones is 1. The van der Waals surface area contributed by atoms with E-state index in [1.807, 2.05) is 0 Å². The molecule has 0 unspecified atom stereocenters. The number of carbonyl (C=O) groups is 1. The first-order chi connectivity index (χ1) is 7.58. The lowest BCUT2D eigenvalue weighted by Gasteiger charge is -1.99. The molecule has 2 aromatic rings. The van der Waals surface area contributed by atoms with Crippen molar-refractivity contribution in [3.05, 3.63) is 53.6 Å². The minimum absolute atomic E-state index is 0.132. The predicted octanol–water partition coefficient (Wildman–Crippen LogP) is 1.93. The lowest BCUT2D eigenvalue weighted by molar-refractivity contribution is 0.103. The van der Waals surface area contributed by atoms with E-state index in [2.05, 4.69) is 4.98 Å². The summed E-state index contributed by atoms with van der Waals surface area (Å²) in [5.74, 6) is -2.15. The minimum atomic E-state index is -0.879. The highest BCUT2D eigenvalue weighted by molar-refractivity contribution is 6.07. The van der Waals surface area contributed by atoms with Crippen molar-refractivity contribution in [3.8, 4) is 0 Å². The largest absolute Gasteiger partial charge is 0.340 e. The highest BCUT2D eigenvalue weighted by Gasteiger charge is 2.16. The standard InChI is InChI=1S/C11H8F2N2O/c1-15-5-10(14-6-15)11(16)8-3-2-7(12)4-9(8)13/h2-6H,1H3. The third-order valence-electron chi connectivity index (χ3n) is 2.11. The molecule has 82 valence electrons. The zero-order valence-corrected chi connectivity index (χ0v) is 8.45. The van der Waals surface area contributed by atoms with E-state index in [1.165, 1.54) is 12.5 Å². The van der Waals surface area contributed by atoms with Crippen LogP contribution >= 0.6 is 0 Å². The summed E-state index contributed by atoms with van der Waals surface area (Å²) in [4.78, 5) is 15.6. The van der Waals surface area contributed by atoms with Gasteiger partial charge in [0.2, 0.25) is 5.78 Å².